The third-order valence-corrected chi connectivity index (χ3v) is 3.00. The number of hydrogen-bond donors (Lipinski definition) is 1. The van der Waals surface area contributed by atoms with Crippen LogP contribution in [0.25, 0.3) is 10.2 Å². The SMILES string of the molecule is Nc1nc2c(Br)ccc(F)c2s1. The van der Waals surface area contributed by atoms with Gasteiger partial charge < -0.3 is 5.73 Å². The van der Waals surface area contributed by atoms with Gasteiger partial charge in [-0.05, 0) is 28.1 Å². The summed E-state index contributed by atoms with van der Waals surface area (Å²) >= 11 is 4.42. The van der Waals surface area contributed by atoms with E-state index in [2.05, 4.69) is 20.9 Å². The van der Waals surface area contributed by atoms with Crippen LogP contribution < -0.4 is 5.73 Å². The van der Waals surface area contributed by atoms with E-state index in [-0.39, 0.29) is 5.82 Å². The second-order valence-electron chi connectivity index (χ2n) is 2.26. The molecule has 1 aromatic heterocycles. The van der Waals surface area contributed by atoms with Crippen LogP contribution in [0.15, 0.2) is 16.6 Å². The number of thiazole rings is 1. The van der Waals surface area contributed by atoms with Gasteiger partial charge in [-0.2, -0.15) is 0 Å². The lowest BCUT2D eigenvalue weighted by Gasteiger charge is -1.91. The highest BCUT2D eigenvalue weighted by Gasteiger charge is 2.08. The third kappa shape index (κ3) is 1.09. The van der Waals surface area contributed by atoms with Crippen LogP contribution in [-0.4, -0.2) is 4.98 Å². The molecule has 2 rings (SSSR count). The minimum Gasteiger partial charge on any atom is -0.375 e. The summed E-state index contributed by atoms with van der Waals surface area (Å²) in [5.74, 6) is -0.276. The van der Waals surface area contributed by atoms with Crippen molar-refractivity contribution < 1.29 is 4.39 Å². The van der Waals surface area contributed by atoms with Crippen molar-refractivity contribution in [1.82, 2.24) is 4.98 Å². The summed E-state index contributed by atoms with van der Waals surface area (Å²) in [7, 11) is 0. The fourth-order valence-electron chi connectivity index (χ4n) is 0.961. The molecule has 0 aliphatic rings. The Bertz CT molecular complexity index is 401. The molecule has 0 radical (unpaired) electrons. The molecule has 0 unspecified atom stereocenters. The van der Waals surface area contributed by atoms with E-state index in [0.717, 1.165) is 15.8 Å². The molecule has 0 aliphatic carbocycles. The highest BCUT2D eigenvalue weighted by Crippen LogP contribution is 2.31. The largest absolute Gasteiger partial charge is 0.375 e. The monoisotopic (exact) mass is 246 g/mol. The zero-order valence-electron chi connectivity index (χ0n) is 5.84. The molecule has 1 heterocycles. The van der Waals surface area contributed by atoms with Gasteiger partial charge in [-0.3, -0.25) is 0 Å². The number of benzene rings is 1. The lowest BCUT2D eigenvalue weighted by molar-refractivity contribution is 0.641. The van der Waals surface area contributed by atoms with Gasteiger partial charge >= 0.3 is 0 Å². The number of nitrogens with zero attached hydrogens (tertiary/aromatic N) is 1. The molecule has 2 aromatic rings. The molecule has 0 spiro atoms. The maximum Gasteiger partial charge on any atom is 0.181 e. The second kappa shape index (κ2) is 2.67. The van der Waals surface area contributed by atoms with Gasteiger partial charge in [0.05, 0.1) is 4.70 Å². The number of anilines is 1. The molecule has 0 fully saturated rings. The minimum atomic E-state index is -0.276. The first kappa shape index (κ1) is 7.94. The van der Waals surface area contributed by atoms with Gasteiger partial charge in [-0.15, -0.1) is 0 Å². The molecule has 1 aromatic carbocycles. The van der Waals surface area contributed by atoms with E-state index in [9.17, 15) is 4.39 Å². The van der Waals surface area contributed by atoms with Gasteiger partial charge in [-0.25, -0.2) is 9.37 Å². The Morgan fingerprint density at radius 3 is 2.92 bits per heavy atom. The van der Waals surface area contributed by atoms with E-state index in [1.807, 2.05) is 0 Å². The number of fused-ring (bicyclic) bond motifs is 1. The van der Waals surface area contributed by atoms with Gasteiger partial charge in [0.15, 0.2) is 5.13 Å². The van der Waals surface area contributed by atoms with Crippen molar-refractivity contribution in [1.29, 1.82) is 0 Å². The zero-order chi connectivity index (χ0) is 8.72. The lowest BCUT2D eigenvalue weighted by Crippen LogP contribution is -1.80. The first-order chi connectivity index (χ1) is 5.68. The summed E-state index contributed by atoms with van der Waals surface area (Å²) in [5.41, 5.74) is 6.04. The Morgan fingerprint density at radius 2 is 2.25 bits per heavy atom. The Balaban J connectivity index is 2.93. The van der Waals surface area contributed by atoms with Crippen LogP contribution in [0.1, 0.15) is 0 Å². The van der Waals surface area contributed by atoms with Crippen molar-refractivity contribution >= 4 is 42.6 Å². The highest BCUT2D eigenvalue weighted by molar-refractivity contribution is 9.10. The first-order valence-electron chi connectivity index (χ1n) is 3.18. The topological polar surface area (TPSA) is 38.9 Å². The maximum atomic E-state index is 13.1. The number of nitrogen functional groups attached to an aromatic ring is 1. The summed E-state index contributed by atoms with van der Waals surface area (Å²) in [6.45, 7) is 0. The van der Waals surface area contributed by atoms with Gasteiger partial charge in [-0.1, -0.05) is 11.3 Å². The van der Waals surface area contributed by atoms with Crippen LogP contribution in [0, 0.1) is 5.82 Å². The van der Waals surface area contributed by atoms with E-state index < -0.39 is 0 Å². The fraction of sp³-hybridized carbons (Fsp3) is 0. The smallest absolute Gasteiger partial charge is 0.181 e. The van der Waals surface area contributed by atoms with Crippen molar-refractivity contribution in [3.05, 3.63) is 22.4 Å². The second-order valence-corrected chi connectivity index (χ2v) is 4.14. The molecule has 0 atom stereocenters. The number of aromatic nitrogens is 1. The zero-order valence-corrected chi connectivity index (χ0v) is 8.25. The third-order valence-electron chi connectivity index (χ3n) is 1.46. The Kier molecular flexibility index (Phi) is 1.77. The number of hydrogen-bond acceptors (Lipinski definition) is 3. The quantitative estimate of drug-likeness (QED) is 0.777. The minimum absolute atomic E-state index is 0.276. The van der Waals surface area contributed by atoms with Crippen molar-refractivity contribution in [3.63, 3.8) is 0 Å². The molecule has 62 valence electrons. The average molecular weight is 247 g/mol. The molecule has 0 bridgehead atoms. The first-order valence-corrected chi connectivity index (χ1v) is 4.79. The van der Waals surface area contributed by atoms with Gasteiger partial charge in [0.2, 0.25) is 0 Å². The number of rotatable bonds is 0. The molecule has 2 N–H and O–H groups in total. The van der Waals surface area contributed by atoms with E-state index in [4.69, 9.17) is 5.73 Å². The van der Waals surface area contributed by atoms with Crippen molar-refractivity contribution in [3.8, 4) is 0 Å². The Morgan fingerprint density at radius 1 is 1.50 bits per heavy atom. The summed E-state index contributed by atoms with van der Waals surface area (Å²) < 4.78 is 14.3. The van der Waals surface area contributed by atoms with E-state index in [0.29, 0.717) is 15.3 Å². The number of nitrogens with two attached hydrogens (primary N) is 1. The predicted octanol–water partition coefficient (Wildman–Crippen LogP) is 2.78. The van der Waals surface area contributed by atoms with Crippen molar-refractivity contribution in [2.24, 2.45) is 0 Å². The molecule has 5 heteroatoms. The van der Waals surface area contributed by atoms with Gasteiger partial charge in [0.1, 0.15) is 11.3 Å². The van der Waals surface area contributed by atoms with Crippen LogP contribution in [0.5, 0.6) is 0 Å². The Labute approximate surface area is 80.3 Å². The lowest BCUT2D eigenvalue weighted by atomic mass is 10.3. The molecule has 2 nitrogen and oxygen atoms in total. The van der Waals surface area contributed by atoms with Crippen LogP contribution in [-0.2, 0) is 0 Å². The molecule has 0 amide bonds. The van der Waals surface area contributed by atoms with Crippen LogP contribution in [0.2, 0.25) is 0 Å². The van der Waals surface area contributed by atoms with Crippen LogP contribution in [0.3, 0.4) is 0 Å². The number of halogens is 2. The van der Waals surface area contributed by atoms with Gasteiger partial charge in [0.25, 0.3) is 0 Å². The van der Waals surface area contributed by atoms with Crippen molar-refractivity contribution in [2.75, 3.05) is 5.73 Å². The van der Waals surface area contributed by atoms with Crippen molar-refractivity contribution in [2.45, 2.75) is 0 Å². The Hall–Kier alpha value is -0.680. The highest BCUT2D eigenvalue weighted by atomic mass is 79.9. The molecule has 0 saturated carbocycles. The summed E-state index contributed by atoms with van der Waals surface area (Å²) in [4.78, 5) is 3.98. The fourth-order valence-corrected chi connectivity index (χ4v) is 2.28. The molecular formula is C7H4BrFN2S. The summed E-state index contributed by atoms with van der Waals surface area (Å²) in [6, 6.07) is 3.01. The summed E-state index contributed by atoms with van der Waals surface area (Å²) in [6.07, 6.45) is 0. The summed E-state index contributed by atoms with van der Waals surface area (Å²) in [5, 5.41) is 0.385. The van der Waals surface area contributed by atoms with E-state index >= 15 is 0 Å². The standard InChI is InChI=1S/C7H4BrFN2S/c8-3-1-2-4(9)6-5(3)11-7(10)12-6/h1-2H,(H2,10,11). The predicted molar refractivity (Wildman–Crippen MR) is 51.7 cm³/mol. The normalized spacial score (nSPS) is 10.8. The van der Waals surface area contributed by atoms with E-state index in [1.165, 1.54) is 6.07 Å². The molecule has 0 aliphatic heterocycles. The molecule has 0 saturated heterocycles. The molecule has 12 heavy (non-hydrogen) atoms. The molecular weight excluding hydrogens is 243 g/mol. The van der Waals surface area contributed by atoms with Gasteiger partial charge in [0, 0.05) is 4.47 Å². The van der Waals surface area contributed by atoms with Crippen LogP contribution >= 0.6 is 27.3 Å². The maximum absolute atomic E-state index is 13.1. The van der Waals surface area contributed by atoms with E-state index in [1.54, 1.807) is 6.07 Å². The average Bonchev–Trinajstić information content (AvgIpc) is 2.41. The van der Waals surface area contributed by atoms with Crippen LogP contribution in [0.4, 0.5) is 9.52 Å².